The largest absolute Gasteiger partial charge is 0.507 e. The first-order valence-corrected chi connectivity index (χ1v) is 13.2. The van der Waals surface area contributed by atoms with E-state index in [4.69, 9.17) is 9.47 Å². The molecule has 2 N–H and O–H groups in total. The molecule has 0 radical (unpaired) electrons. The lowest BCUT2D eigenvalue weighted by atomic mass is 10.1. The summed E-state index contributed by atoms with van der Waals surface area (Å²) in [5.41, 5.74) is 4.45. The van der Waals surface area contributed by atoms with Crippen molar-refractivity contribution in [1.82, 2.24) is 5.43 Å². The zero-order valence-electron chi connectivity index (χ0n) is 20.6. The molecule has 0 heterocycles. The number of ether oxygens (including phenoxy) is 2. The highest BCUT2D eigenvalue weighted by atomic mass is 127. The SMILES string of the molecule is CCOc1cc(C=NNC(=O)c2cc3ccccc3cc2O)cc(I)c1OCc1ccc2ccccc2c1. The molecule has 0 aromatic heterocycles. The summed E-state index contributed by atoms with van der Waals surface area (Å²) in [6.07, 6.45) is 1.54. The predicted octanol–water partition coefficient (Wildman–Crippen LogP) is 7.04. The number of hydrogen-bond acceptors (Lipinski definition) is 5. The van der Waals surface area contributed by atoms with Gasteiger partial charge in [0, 0.05) is 0 Å². The van der Waals surface area contributed by atoms with E-state index in [1.54, 1.807) is 12.1 Å². The van der Waals surface area contributed by atoms with Crippen LogP contribution in [0.15, 0.2) is 96.1 Å². The van der Waals surface area contributed by atoms with E-state index in [2.05, 4.69) is 63.4 Å². The van der Waals surface area contributed by atoms with Crippen molar-refractivity contribution in [2.75, 3.05) is 6.61 Å². The standard InChI is InChI=1S/C31H25IN2O4/c1-2-37-29-15-21(18-33-34-31(36)26-16-24-9-5-6-10-25(24)17-28(26)35)14-27(32)30(29)38-19-20-11-12-22-7-3-4-8-23(22)13-20/h3-18,35H,2,19H2,1H3,(H,34,36). The quantitative estimate of drug-likeness (QED) is 0.111. The van der Waals surface area contributed by atoms with Gasteiger partial charge in [0.25, 0.3) is 5.91 Å². The number of hydrogen-bond donors (Lipinski definition) is 2. The monoisotopic (exact) mass is 616 g/mol. The molecule has 0 aliphatic rings. The summed E-state index contributed by atoms with van der Waals surface area (Å²) in [4.78, 5) is 12.7. The Morgan fingerprint density at radius 2 is 1.58 bits per heavy atom. The summed E-state index contributed by atoms with van der Waals surface area (Å²) >= 11 is 2.21. The molecule has 0 saturated carbocycles. The number of hydrazone groups is 1. The topological polar surface area (TPSA) is 80.2 Å². The van der Waals surface area contributed by atoms with Gasteiger partial charge >= 0.3 is 0 Å². The van der Waals surface area contributed by atoms with Gasteiger partial charge in [0.1, 0.15) is 12.4 Å². The summed E-state index contributed by atoms with van der Waals surface area (Å²) in [6, 6.07) is 29.0. The van der Waals surface area contributed by atoms with Crippen LogP contribution in [-0.2, 0) is 6.61 Å². The number of halogens is 1. The third kappa shape index (κ3) is 5.73. The Labute approximate surface area is 234 Å². The second-order valence-corrected chi connectivity index (χ2v) is 9.81. The van der Waals surface area contributed by atoms with Gasteiger partial charge in [-0.05, 0) is 92.5 Å². The van der Waals surface area contributed by atoms with E-state index in [-0.39, 0.29) is 11.3 Å². The maximum absolute atomic E-state index is 12.7. The predicted molar refractivity (Wildman–Crippen MR) is 159 cm³/mol. The van der Waals surface area contributed by atoms with Crippen LogP contribution in [-0.4, -0.2) is 23.8 Å². The van der Waals surface area contributed by atoms with Crippen LogP contribution in [0.2, 0.25) is 0 Å². The molecular formula is C31H25IN2O4. The molecule has 5 aromatic rings. The van der Waals surface area contributed by atoms with E-state index >= 15 is 0 Å². The molecule has 5 rings (SSSR count). The third-order valence-electron chi connectivity index (χ3n) is 6.02. The van der Waals surface area contributed by atoms with Crippen LogP contribution in [0.1, 0.15) is 28.4 Å². The van der Waals surface area contributed by atoms with Crippen molar-refractivity contribution in [1.29, 1.82) is 0 Å². The fourth-order valence-electron chi connectivity index (χ4n) is 4.19. The molecule has 7 heteroatoms. The van der Waals surface area contributed by atoms with Gasteiger partial charge in [-0.2, -0.15) is 5.10 Å². The van der Waals surface area contributed by atoms with Crippen LogP contribution >= 0.6 is 22.6 Å². The second-order valence-electron chi connectivity index (χ2n) is 8.65. The molecule has 0 fully saturated rings. The molecule has 38 heavy (non-hydrogen) atoms. The van der Waals surface area contributed by atoms with Crippen molar-refractivity contribution in [3.8, 4) is 17.2 Å². The highest BCUT2D eigenvalue weighted by molar-refractivity contribution is 14.1. The first-order valence-electron chi connectivity index (χ1n) is 12.1. The van der Waals surface area contributed by atoms with E-state index in [1.165, 1.54) is 17.0 Å². The average Bonchev–Trinajstić information content (AvgIpc) is 2.92. The lowest BCUT2D eigenvalue weighted by molar-refractivity contribution is 0.0952. The molecule has 190 valence electrons. The van der Waals surface area contributed by atoms with Crippen molar-refractivity contribution in [3.05, 3.63) is 111 Å². The van der Waals surface area contributed by atoms with Crippen LogP contribution in [0.3, 0.4) is 0 Å². The van der Waals surface area contributed by atoms with Crippen LogP contribution in [0, 0.1) is 3.57 Å². The fourth-order valence-corrected chi connectivity index (χ4v) is 4.97. The Hall–Kier alpha value is -4.11. The van der Waals surface area contributed by atoms with Crippen LogP contribution in [0.4, 0.5) is 0 Å². The number of rotatable bonds is 8. The Balaban J connectivity index is 1.30. The van der Waals surface area contributed by atoms with Gasteiger partial charge < -0.3 is 14.6 Å². The van der Waals surface area contributed by atoms with Gasteiger partial charge in [-0.1, -0.05) is 60.7 Å². The number of benzene rings is 5. The highest BCUT2D eigenvalue weighted by Crippen LogP contribution is 2.35. The maximum atomic E-state index is 12.7. The van der Waals surface area contributed by atoms with Crippen molar-refractivity contribution < 1.29 is 19.4 Å². The number of phenolic OH excluding ortho intramolecular Hbond substituents is 1. The number of amides is 1. The Morgan fingerprint density at radius 1 is 0.895 bits per heavy atom. The lowest BCUT2D eigenvalue weighted by Crippen LogP contribution is -2.17. The molecule has 0 unspecified atom stereocenters. The van der Waals surface area contributed by atoms with Crippen LogP contribution in [0.25, 0.3) is 21.5 Å². The molecule has 0 saturated heterocycles. The zero-order chi connectivity index (χ0) is 26.5. The number of phenols is 1. The second kappa shape index (κ2) is 11.5. The molecule has 6 nitrogen and oxygen atoms in total. The molecular weight excluding hydrogens is 591 g/mol. The average molecular weight is 616 g/mol. The molecule has 1 amide bonds. The number of nitrogens with zero attached hydrogens (tertiary/aromatic N) is 1. The van der Waals surface area contributed by atoms with Gasteiger partial charge in [-0.15, -0.1) is 0 Å². The van der Waals surface area contributed by atoms with Crippen LogP contribution in [0.5, 0.6) is 17.2 Å². The van der Waals surface area contributed by atoms with Gasteiger partial charge in [0.2, 0.25) is 0 Å². The van der Waals surface area contributed by atoms with Crippen molar-refractivity contribution >= 4 is 56.3 Å². The normalized spacial score (nSPS) is 11.2. The Kier molecular flexibility index (Phi) is 7.74. The molecule has 0 aliphatic carbocycles. The molecule has 0 atom stereocenters. The van der Waals surface area contributed by atoms with E-state index < -0.39 is 5.91 Å². The van der Waals surface area contributed by atoms with Crippen molar-refractivity contribution in [2.24, 2.45) is 5.10 Å². The van der Waals surface area contributed by atoms with Gasteiger partial charge in [0.15, 0.2) is 11.5 Å². The summed E-state index contributed by atoms with van der Waals surface area (Å²) < 4.78 is 12.9. The third-order valence-corrected chi connectivity index (χ3v) is 6.82. The highest BCUT2D eigenvalue weighted by Gasteiger charge is 2.14. The smallest absolute Gasteiger partial charge is 0.275 e. The number of carbonyl (C=O) groups excluding carboxylic acids is 1. The first-order chi connectivity index (χ1) is 18.5. The molecule has 0 spiro atoms. The first kappa shape index (κ1) is 25.5. The maximum Gasteiger partial charge on any atom is 0.275 e. The Morgan fingerprint density at radius 3 is 2.32 bits per heavy atom. The van der Waals surface area contributed by atoms with Gasteiger partial charge in [0.05, 0.1) is 22.0 Å². The number of carbonyl (C=O) groups is 1. The van der Waals surface area contributed by atoms with Crippen molar-refractivity contribution in [3.63, 3.8) is 0 Å². The summed E-state index contributed by atoms with van der Waals surface area (Å²) in [5, 5.41) is 18.5. The van der Waals surface area contributed by atoms with E-state index in [1.807, 2.05) is 55.5 Å². The summed E-state index contributed by atoms with van der Waals surface area (Å²) in [5.74, 6) is 0.653. The van der Waals surface area contributed by atoms with E-state index in [0.717, 1.165) is 25.5 Å². The number of aromatic hydroxyl groups is 1. The minimum Gasteiger partial charge on any atom is -0.507 e. The zero-order valence-corrected chi connectivity index (χ0v) is 22.8. The minimum absolute atomic E-state index is 0.0995. The number of nitrogens with one attached hydrogen (secondary N) is 1. The molecule has 0 aliphatic heterocycles. The van der Waals surface area contributed by atoms with Crippen molar-refractivity contribution in [2.45, 2.75) is 13.5 Å². The van der Waals surface area contributed by atoms with E-state index in [0.29, 0.717) is 24.7 Å². The number of fused-ring (bicyclic) bond motifs is 2. The minimum atomic E-state index is -0.500. The summed E-state index contributed by atoms with van der Waals surface area (Å²) in [7, 11) is 0. The fraction of sp³-hybridized carbons (Fsp3) is 0.0968. The molecule has 5 aromatic carbocycles. The Bertz CT molecular complexity index is 1670. The van der Waals surface area contributed by atoms with Crippen LogP contribution < -0.4 is 14.9 Å². The summed E-state index contributed by atoms with van der Waals surface area (Å²) in [6.45, 7) is 2.79. The van der Waals surface area contributed by atoms with Gasteiger partial charge in [-0.3, -0.25) is 4.79 Å². The molecule has 0 bridgehead atoms. The lowest BCUT2D eigenvalue weighted by Gasteiger charge is -2.15. The van der Waals surface area contributed by atoms with E-state index in [9.17, 15) is 9.90 Å². The van der Waals surface area contributed by atoms with Gasteiger partial charge in [-0.25, -0.2) is 5.43 Å².